The van der Waals surface area contributed by atoms with Crippen LogP contribution in [0.25, 0.3) is 16.9 Å². The maximum Gasteiger partial charge on any atom is 0.297 e. The predicted octanol–water partition coefficient (Wildman–Crippen LogP) is 5.50. The highest BCUT2D eigenvalue weighted by Crippen LogP contribution is 2.22. The molecule has 0 unspecified atom stereocenters. The van der Waals surface area contributed by atoms with E-state index in [1.165, 1.54) is 16.2 Å². The molecule has 0 aliphatic rings. The van der Waals surface area contributed by atoms with Gasteiger partial charge in [-0.1, -0.05) is 48.5 Å². The Labute approximate surface area is 205 Å². The van der Waals surface area contributed by atoms with Crippen LogP contribution >= 0.6 is 22.7 Å². The van der Waals surface area contributed by atoms with Crippen LogP contribution in [-0.4, -0.2) is 20.3 Å². The van der Waals surface area contributed by atoms with Gasteiger partial charge < -0.3 is 0 Å². The Kier molecular flexibility index (Phi) is 6.00. The first kappa shape index (κ1) is 22.1. The van der Waals surface area contributed by atoms with Crippen molar-refractivity contribution in [2.75, 3.05) is 0 Å². The Balaban J connectivity index is 1.69. The molecule has 0 saturated carbocycles. The largest absolute Gasteiger partial charge is 0.297 e. The average molecular weight is 486 g/mol. The second kappa shape index (κ2) is 9.24. The molecule has 6 nitrogen and oxygen atoms in total. The van der Waals surface area contributed by atoms with Crippen LogP contribution in [-0.2, 0) is 7.05 Å². The monoisotopic (exact) mass is 485 g/mol. The van der Waals surface area contributed by atoms with Crippen molar-refractivity contribution in [1.82, 2.24) is 14.0 Å². The van der Waals surface area contributed by atoms with Gasteiger partial charge in [-0.05, 0) is 38.1 Å². The molecule has 0 fully saturated rings. The van der Waals surface area contributed by atoms with E-state index >= 15 is 0 Å². The topological polar surface area (TPSA) is 56.6 Å². The Morgan fingerprint density at radius 1 is 0.912 bits per heavy atom. The number of aromatic nitrogens is 3. The Hall–Kier alpha value is -3.75. The summed E-state index contributed by atoms with van der Waals surface area (Å²) in [5, 5.41) is 6.80. The molecule has 34 heavy (non-hydrogen) atoms. The lowest BCUT2D eigenvalue weighted by Crippen LogP contribution is -2.19. The Morgan fingerprint density at radius 3 is 2.29 bits per heavy atom. The predicted molar refractivity (Wildman–Crippen MR) is 141 cm³/mol. The third-order valence-electron chi connectivity index (χ3n) is 5.55. The molecule has 0 spiro atoms. The summed E-state index contributed by atoms with van der Waals surface area (Å²) in [6, 6.07) is 23.8. The van der Waals surface area contributed by atoms with Crippen molar-refractivity contribution in [3.05, 3.63) is 109 Å². The molecule has 0 atom stereocenters. The summed E-state index contributed by atoms with van der Waals surface area (Å²) in [6.45, 7) is 3.99. The van der Waals surface area contributed by atoms with E-state index in [9.17, 15) is 4.79 Å². The minimum absolute atomic E-state index is 0.162. The van der Waals surface area contributed by atoms with E-state index in [1.54, 1.807) is 16.0 Å². The number of thiophene rings is 1. The Morgan fingerprint density at radius 2 is 1.62 bits per heavy atom. The van der Waals surface area contributed by atoms with Crippen molar-refractivity contribution in [2.24, 2.45) is 17.1 Å². The van der Waals surface area contributed by atoms with Gasteiger partial charge in [0.05, 0.1) is 23.3 Å². The van der Waals surface area contributed by atoms with Crippen molar-refractivity contribution in [3.63, 3.8) is 0 Å². The third-order valence-corrected chi connectivity index (χ3v) is 7.30. The molecule has 8 heteroatoms. The van der Waals surface area contributed by atoms with Crippen LogP contribution in [0.15, 0.2) is 93.1 Å². The molecule has 0 N–H and O–H groups in total. The first-order valence-corrected chi connectivity index (χ1v) is 12.5. The van der Waals surface area contributed by atoms with E-state index < -0.39 is 0 Å². The SMILES string of the molecule is Cc1ccc(C=Nn2c(-c3ccccc3)csc2=Nc2c(C)n(C)n(-c3ccccc3)c2=O)s1. The highest BCUT2D eigenvalue weighted by atomic mass is 32.1. The van der Waals surface area contributed by atoms with Crippen LogP contribution < -0.4 is 10.4 Å². The first-order chi connectivity index (χ1) is 16.5. The van der Waals surface area contributed by atoms with Crippen molar-refractivity contribution < 1.29 is 0 Å². The zero-order valence-corrected chi connectivity index (χ0v) is 20.7. The molecule has 170 valence electrons. The molecular weight excluding hydrogens is 462 g/mol. The fourth-order valence-corrected chi connectivity index (χ4v) is 5.30. The standard InChI is InChI=1S/C26H23N5OS2/c1-18-14-15-22(34-18)16-27-30-23(20-10-6-4-7-11-20)17-33-26(30)28-24-19(2)29(3)31(25(24)32)21-12-8-5-9-13-21/h4-17H,1-3H3. The number of aryl methyl sites for hydroxylation is 1. The smallest absolute Gasteiger partial charge is 0.283 e. The zero-order valence-electron chi connectivity index (χ0n) is 19.0. The van der Waals surface area contributed by atoms with Crippen LogP contribution in [0.3, 0.4) is 0 Å². The van der Waals surface area contributed by atoms with Gasteiger partial charge in [-0.2, -0.15) is 5.10 Å². The summed E-state index contributed by atoms with van der Waals surface area (Å²) in [4.78, 5) is 21.1. The van der Waals surface area contributed by atoms with Gasteiger partial charge in [0.2, 0.25) is 4.80 Å². The van der Waals surface area contributed by atoms with E-state index in [0.29, 0.717) is 10.5 Å². The number of rotatable bonds is 5. The van der Waals surface area contributed by atoms with Crippen LogP contribution in [0.4, 0.5) is 5.69 Å². The van der Waals surface area contributed by atoms with Crippen LogP contribution in [0.2, 0.25) is 0 Å². The highest BCUT2D eigenvalue weighted by Gasteiger charge is 2.16. The molecule has 0 amide bonds. The Bertz CT molecular complexity index is 1600. The molecule has 0 saturated heterocycles. The minimum Gasteiger partial charge on any atom is -0.283 e. The van der Waals surface area contributed by atoms with Gasteiger partial charge in [-0.15, -0.1) is 22.7 Å². The van der Waals surface area contributed by atoms with E-state index in [-0.39, 0.29) is 5.56 Å². The van der Waals surface area contributed by atoms with Gasteiger partial charge in [-0.25, -0.2) is 14.4 Å². The maximum absolute atomic E-state index is 13.4. The van der Waals surface area contributed by atoms with Crippen LogP contribution in [0, 0.1) is 13.8 Å². The van der Waals surface area contributed by atoms with E-state index in [0.717, 1.165) is 27.5 Å². The van der Waals surface area contributed by atoms with Crippen LogP contribution in [0.5, 0.6) is 0 Å². The van der Waals surface area contributed by atoms with E-state index in [1.807, 2.05) is 95.6 Å². The molecule has 5 aromatic rings. The highest BCUT2D eigenvalue weighted by molar-refractivity contribution is 7.13. The molecule has 0 bridgehead atoms. The first-order valence-electron chi connectivity index (χ1n) is 10.8. The molecule has 2 aromatic carbocycles. The summed E-state index contributed by atoms with van der Waals surface area (Å²) < 4.78 is 5.29. The lowest BCUT2D eigenvalue weighted by molar-refractivity contribution is 0.630. The molecule has 5 rings (SSSR count). The number of hydrogen-bond donors (Lipinski definition) is 0. The third kappa shape index (κ3) is 4.13. The molecule has 0 aliphatic carbocycles. The molecule has 0 aliphatic heterocycles. The lowest BCUT2D eigenvalue weighted by Gasteiger charge is -2.07. The van der Waals surface area contributed by atoms with Gasteiger partial charge in [0.25, 0.3) is 5.56 Å². The van der Waals surface area contributed by atoms with Gasteiger partial charge in [0.1, 0.15) is 0 Å². The van der Waals surface area contributed by atoms with Crippen molar-refractivity contribution in [2.45, 2.75) is 13.8 Å². The van der Waals surface area contributed by atoms with E-state index in [2.05, 4.69) is 19.1 Å². The summed E-state index contributed by atoms with van der Waals surface area (Å²) in [6.07, 6.45) is 1.84. The molecule has 3 heterocycles. The van der Waals surface area contributed by atoms with Gasteiger partial charge >= 0.3 is 0 Å². The van der Waals surface area contributed by atoms with Gasteiger partial charge in [0, 0.05) is 27.7 Å². The summed E-state index contributed by atoms with van der Waals surface area (Å²) in [5.41, 5.74) is 3.79. The number of para-hydroxylation sites is 1. The number of benzene rings is 2. The molecule has 3 aromatic heterocycles. The molecule has 0 radical (unpaired) electrons. The van der Waals surface area contributed by atoms with Crippen LogP contribution in [0.1, 0.15) is 15.4 Å². The summed E-state index contributed by atoms with van der Waals surface area (Å²) in [5.74, 6) is 0. The number of thiazole rings is 1. The fourth-order valence-electron chi connectivity index (χ4n) is 3.71. The summed E-state index contributed by atoms with van der Waals surface area (Å²) >= 11 is 3.15. The second-order valence-electron chi connectivity index (χ2n) is 7.80. The van der Waals surface area contributed by atoms with Crippen molar-refractivity contribution >= 4 is 34.6 Å². The zero-order chi connectivity index (χ0) is 23.7. The maximum atomic E-state index is 13.4. The molecular formula is C26H23N5OS2. The normalized spacial score (nSPS) is 12.1. The van der Waals surface area contributed by atoms with Crippen molar-refractivity contribution in [3.8, 4) is 16.9 Å². The fraction of sp³-hybridized carbons (Fsp3) is 0.115. The van der Waals surface area contributed by atoms with E-state index in [4.69, 9.17) is 10.1 Å². The average Bonchev–Trinajstić information content (AvgIpc) is 3.52. The minimum atomic E-state index is -0.162. The van der Waals surface area contributed by atoms with Gasteiger partial charge in [-0.3, -0.25) is 9.48 Å². The lowest BCUT2D eigenvalue weighted by atomic mass is 10.2. The van der Waals surface area contributed by atoms with Crippen molar-refractivity contribution in [1.29, 1.82) is 0 Å². The number of nitrogens with zero attached hydrogens (tertiary/aromatic N) is 5. The quantitative estimate of drug-likeness (QED) is 0.303. The number of hydrogen-bond acceptors (Lipinski definition) is 5. The summed E-state index contributed by atoms with van der Waals surface area (Å²) in [7, 11) is 1.87. The second-order valence-corrected chi connectivity index (χ2v) is 9.95. The van der Waals surface area contributed by atoms with Gasteiger partial charge in [0.15, 0.2) is 5.69 Å².